The number of rotatable bonds is 4. The molecule has 0 unspecified atom stereocenters. The van der Waals surface area contributed by atoms with Crippen molar-refractivity contribution in [2.75, 3.05) is 11.9 Å². The topological polar surface area (TPSA) is 79.5 Å². The highest BCUT2D eigenvalue weighted by molar-refractivity contribution is 7.07. The fraction of sp³-hybridized carbons (Fsp3) is 0.222. The van der Waals surface area contributed by atoms with Gasteiger partial charge in [-0.15, -0.1) is 11.3 Å². The Morgan fingerprint density at radius 1 is 1.69 bits per heavy atom. The fourth-order valence-electron chi connectivity index (χ4n) is 1.16. The van der Waals surface area contributed by atoms with Crippen LogP contribution in [-0.4, -0.2) is 28.1 Å². The van der Waals surface area contributed by atoms with E-state index in [9.17, 15) is 4.79 Å². The summed E-state index contributed by atoms with van der Waals surface area (Å²) in [5.74, 6) is -1.10. The molecule has 0 saturated heterocycles. The molecule has 0 amide bonds. The summed E-state index contributed by atoms with van der Waals surface area (Å²) in [5.41, 5.74) is 2.53. The summed E-state index contributed by atoms with van der Waals surface area (Å²) in [5, 5.41) is 10.6. The summed E-state index contributed by atoms with van der Waals surface area (Å²) in [6, 6.07) is 0.269. The molecule has 0 saturated carbocycles. The first-order valence-corrected chi connectivity index (χ1v) is 5.38. The van der Waals surface area contributed by atoms with Gasteiger partial charge in [0.1, 0.15) is 6.26 Å². The van der Waals surface area contributed by atoms with E-state index in [1.807, 2.05) is 5.38 Å². The Labute approximate surface area is 95.2 Å². The third-order valence-corrected chi connectivity index (χ3v) is 2.56. The van der Waals surface area contributed by atoms with Crippen molar-refractivity contribution in [2.45, 2.75) is 6.54 Å². The van der Waals surface area contributed by atoms with Crippen LogP contribution in [0, 0.1) is 0 Å². The van der Waals surface area contributed by atoms with Crippen molar-refractivity contribution in [2.24, 2.45) is 0 Å². The zero-order valence-corrected chi connectivity index (χ0v) is 9.27. The highest BCUT2D eigenvalue weighted by Crippen LogP contribution is 2.14. The highest BCUT2D eigenvalue weighted by Gasteiger charge is 2.14. The molecule has 1 N–H and O–H groups in total. The molecule has 84 valence electrons. The minimum atomic E-state index is -1.10. The minimum Gasteiger partial charge on any atom is -0.476 e. The van der Waals surface area contributed by atoms with Crippen molar-refractivity contribution in [3.8, 4) is 0 Å². The van der Waals surface area contributed by atoms with Crippen LogP contribution < -0.4 is 4.90 Å². The van der Waals surface area contributed by atoms with Gasteiger partial charge in [0, 0.05) is 12.4 Å². The predicted molar refractivity (Wildman–Crippen MR) is 57.7 cm³/mol. The second kappa shape index (κ2) is 4.31. The number of aromatic carboxylic acids is 1. The number of hydrogen-bond acceptors (Lipinski definition) is 6. The SMILES string of the molecule is CN(Cc1cscn1)c1nc(C(=O)O)co1. The number of aromatic nitrogens is 2. The molecule has 2 aromatic heterocycles. The van der Waals surface area contributed by atoms with E-state index in [4.69, 9.17) is 9.52 Å². The van der Waals surface area contributed by atoms with Crippen LogP contribution in [-0.2, 0) is 6.54 Å². The molecule has 0 aliphatic carbocycles. The van der Waals surface area contributed by atoms with E-state index in [1.54, 1.807) is 17.5 Å². The molecule has 0 atom stereocenters. The number of thiazole rings is 1. The third kappa shape index (κ3) is 2.19. The summed E-state index contributed by atoms with van der Waals surface area (Å²) in [4.78, 5) is 20.2. The average Bonchev–Trinajstić information content (AvgIpc) is 2.86. The van der Waals surface area contributed by atoms with Gasteiger partial charge in [-0.1, -0.05) is 0 Å². The fourth-order valence-corrected chi connectivity index (χ4v) is 1.71. The van der Waals surface area contributed by atoms with E-state index in [0.29, 0.717) is 6.54 Å². The molecule has 0 aromatic carbocycles. The number of carbonyl (C=O) groups is 1. The minimum absolute atomic E-state index is 0.0971. The Balaban J connectivity index is 2.08. The maximum absolute atomic E-state index is 10.6. The molecule has 0 bridgehead atoms. The third-order valence-electron chi connectivity index (χ3n) is 1.92. The van der Waals surface area contributed by atoms with Crippen LogP contribution in [0.25, 0.3) is 0 Å². The lowest BCUT2D eigenvalue weighted by molar-refractivity contribution is 0.0690. The molecular formula is C9H9N3O3S. The van der Waals surface area contributed by atoms with Gasteiger partial charge < -0.3 is 14.4 Å². The van der Waals surface area contributed by atoms with Crippen molar-refractivity contribution in [3.05, 3.63) is 28.5 Å². The average molecular weight is 239 g/mol. The lowest BCUT2D eigenvalue weighted by atomic mass is 10.4. The van der Waals surface area contributed by atoms with Gasteiger partial charge in [-0.2, -0.15) is 4.98 Å². The second-order valence-electron chi connectivity index (χ2n) is 3.16. The monoisotopic (exact) mass is 239 g/mol. The van der Waals surface area contributed by atoms with Crippen molar-refractivity contribution in [1.82, 2.24) is 9.97 Å². The first-order chi connectivity index (χ1) is 7.66. The molecule has 2 aromatic rings. The normalized spacial score (nSPS) is 10.3. The lowest BCUT2D eigenvalue weighted by Gasteiger charge is -2.11. The number of nitrogens with zero attached hydrogens (tertiary/aromatic N) is 3. The predicted octanol–water partition coefficient (Wildman–Crippen LogP) is 1.47. The van der Waals surface area contributed by atoms with Gasteiger partial charge in [0.2, 0.25) is 0 Å². The van der Waals surface area contributed by atoms with Gasteiger partial charge in [0.25, 0.3) is 6.01 Å². The van der Waals surface area contributed by atoms with E-state index in [1.165, 1.54) is 11.3 Å². The van der Waals surface area contributed by atoms with Crippen LogP contribution >= 0.6 is 11.3 Å². The Bertz CT molecular complexity index is 480. The number of hydrogen-bond donors (Lipinski definition) is 1. The van der Waals surface area contributed by atoms with Crippen molar-refractivity contribution < 1.29 is 14.3 Å². The summed E-state index contributed by atoms with van der Waals surface area (Å²) in [6.07, 6.45) is 1.12. The molecule has 2 rings (SSSR count). The van der Waals surface area contributed by atoms with E-state index >= 15 is 0 Å². The molecule has 0 radical (unpaired) electrons. The maximum atomic E-state index is 10.6. The first-order valence-electron chi connectivity index (χ1n) is 4.44. The molecule has 0 aliphatic heterocycles. The molecule has 0 aliphatic rings. The number of anilines is 1. The van der Waals surface area contributed by atoms with Gasteiger partial charge in [-0.3, -0.25) is 0 Å². The van der Waals surface area contributed by atoms with E-state index in [2.05, 4.69) is 9.97 Å². The molecule has 0 fully saturated rings. The van der Waals surface area contributed by atoms with Crippen LogP contribution in [0.15, 0.2) is 21.6 Å². The van der Waals surface area contributed by atoms with E-state index in [-0.39, 0.29) is 11.7 Å². The summed E-state index contributed by atoms with van der Waals surface area (Å²) in [6.45, 7) is 0.531. The Morgan fingerprint density at radius 2 is 2.50 bits per heavy atom. The second-order valence-corrected chi connectivity index (χ2v) is 3.88. The quantitative estimate of drug-likeness (QED) is 0.870. The van der Waals surface area contributed by atoms with Crippen molar-refractivity contribution in [1.29, 1.82) is 0 Å². The Hall–Kier alpha value is -1.89. The molecule has 2 heterocycles. The highest BCUT2D eigenvalue weighted by atomic mass is 32.1. The van der Waals surface area contributed by atoms with E-state index < -0.39 is 5.97 Å². The summed E-state index contributed by atoms with van der Waals surface area (Å²) < 4.78 is 5.05. The van der Waals surface area contributed by atoms with Gasteiger partial charge in [-0.25, -0.2) is 9.78 Å². The summed E-state index contributed by atoms with van der Waals surface area (Å²) >= 11 is 1.50. The van der Waals surface area contributed by atoms with Gasteiger partial charge in [-0.05, 0) is 0 Å². The van der Waals surface area contributed by atoms with Crippen molar-refractivity contribution in [3.63, 3.8) is 0 Å². The van der Waals surface area contributed by atoms with Gasteiger partial charge in [0.05, 0.1) is 17.7 Å². The van der Waals surface area contributed by atoms with Crippen LogP contribution in [0.3, 0.4) is 0 Å². The van der Waals surface area contributed by atoms with Crippen molar-refractivity contribution >= 4 is 23.3 Å². The molecule has 16 heavy (non-hydrogen) atoms. The van der Waals surface area contributed by atoms with Crippen LogP contribution in [0.5, 0.6) is 0 Å². The molecule has 7 heteroatoms. The Morgan fingerprint density at radius 3 is 3.06 bits per heavy atom. The van der Waals surface area contributed by atoms with Gasteiger partial charge in [0.15, 0.2) is 5.69 Å². The maximum Gasteiger partial charge on any atom is 0.357 e. The largest absolute Gasteiger partial charge is 0.476 e. The van der Waals surface area contributed by atoms with Crippen LogP contribution in [0.1, 0.15) is 16.2 Å². The van der Waals surface area contributed by atoms with Gasteiger partial charge >= 0.3 is 5.97 Å². The molecule has 6 nitrogen and oxygen atoms in total. The number of carboxylic acids is 1. The first kappa shape index (κ1) is 10.6. The number of oxazole rings is 1. The zero-order chi connectivity index (χ0) is 11.5. The van der Waals surface area contributed by atoms with Crippen LogP contribution in [0.4, 0.5) is 6.01 Å². The molecular weight excluding hydrogens is 230 g/mol. The summed E-state index contributed by atoms with van der Waals surface area (Å²) in [7, 11) is 1.76. The van der Waals surface area contributed by atoms with Crippen LogP contribution in [0.2, 0.25) is 0 Å². The standard InChI is InChI=1S/C9H9N3O3S/c1-12(2-6-4-16-5-10-6)9-11-7(3-15-9)8(13)14/h3-5H,2H2,1H3,(H,13,14). The smallest absolute Gasteiger partial charge is 0.357 e. The zero-order valence-electron chi connectivity index (χ0n) is 8.45. The lowest BCUT2D eigenvalue weighted by Crippen LogP contribution is -2.17. The number of carboxylic acid groups (broad SMARTS) is 1. The Kier molecular flexibility index (Phi) is 2.86. The van der Waals surface area contributed by atoms with E-state index in [0.717, 1.165) is 12.0 Å². The molecule has 0 spiro atoms.